The predicted molar refractivity (Wildman–Crippen MR) is 86.5 cm³/mol. The fraction of sp³-hybridized carbons (Fsp3) is 0.533. The van der Waals surface area contributed by atoms with Gasteiger partial charge in [0, 0.05) is 4.47 Å². The normalized spacial score (nSPS) is 13.1. The van der Waals surface area contributed by atoms with Crippen LogP contribution in [0.4, 0.5) is 0 Å². The van der Waals surface area contributed by atoms with Crippen molar-refractivity contribution in [1.82, 2.24) is 0 Å². The third kappa shape index (κ3) is 5.11. The molecule has 1 aromatic rings. The van der Waals surface area contributed by atoms with Gasteiger partial charge in [-0.15, -0.1) is 0 Å². The maximum absolute atomic E-state index is 12.4. The molecule has 118 valence electrons. The van der Waals surface area contributed by atoms with Crippen molar-refractivity contribution in [3.05, 3.63) is 28.2 Å². The lowest BCUT2D eigenvalue weighted by Crippen LogP contribution is -2.16. The Kier molecular flexibility index (Phi) is 6.87. The number of unbranched alkanes of at least 4 members (excludes halogenated alkanes) is 1. The van der Waals surface area contributed by atoms with Gasteiger partial charge in [0.25, 0.3) is 0 Å². The first-order chi connectivity index (χ1) is 9.81. The molecule has 0 bridgehead atoms. The number of halogens is 1. The average Bonchev–Trinajstić information content (AvgIpc) is 2.43. The fourth-order valence-corrected chi connectivity index (χ4v) is 4.37. The quantitative estimate of drug-likeness (QED) is 0.739. The van der Waals surface area contributed by atoms with Crippen molar-refractivity contribution < 1.29 is 18.3 Å². The molecule has 0 amide bonds. The minimum atomic E-state index is -3.46. The Balaban J connectivity index is 3.02. The van der Waals surface area contributed by atoms with Crippen LogP contribution >= 0.6 is 15.9 Å². The van der Waals surface area contributed by atoms with E-state index < -0.39 is 15.8 Å². The molecule has 4 nitrogen and oxygen atoms in total. The summed E-state index contributed by atoms with van der Waals surface area (Å²) in [6, 6.07) is 4.16. The van der Waals surface area contributed by atoms with Crippen LogP contribution < -0.4 is 0 Å². The number of carboxylic acid groups (broad SMARTS) is 1. The van der Waals surface area contributed by atoms with E-state index >= 15 is 0 Å². The van der Waals surface area contributed by atoms with Gasteiger partial charge in [-0.25, -0.2) is 13.2 Å². The molecule has 1 rings (SSSR count). The lowest BCUT2D eigenvalue weighted by atomic mass is 10.0. The molecule has 1 atom stereocenters. The number of rotatable bonds is 8. The molecule has 0 heterocycles. The molecule has 0 aromatic heterocycles. The van der Waals surface area contributed by atoms with Crippen LogP contribution in [-0.2, 0) is 9.84 Å². The molecule has 0 radical (unpaired) electrons. The van der Waals surface area contributed by atoms with E-state index in [2.05, 4.69) is 22.9 Å². The number of carbonyl (C=O) groups is 1. The molecule has 6 heteroatoms. The van der Waals surface area contributed by atoms with Gasteiger partial charge in [-0.05, 0) is 46.5 Å². The molecular formula is C15H21BrO4S. The Labute approximate surface area is 134 Å². The van der Waals surface area contributed by atoms with Gasteiger partial charge in [-0.3, -0.25) is 0 Å². The molecule has 1 aromatic carbocycles. The second-order valence-corrected chi connectivity index (χ2v) is 8.03. The maximum atomic E-state index is 12.4. The van der Waals surface area contributed by atoms with Crippen molar-refractivity contribution >= 4 is 31.7 Å². The lowest BCUT2D eigenvalue weighted by molar-refractivity contribution is 0.0695. The van der Waals surface area contributed by atoms with E-state index in [1.54, 1.807) is 0 Å². The summed E-state index contributed by atoms with van der Waals surface area (Å²) in [4.78, 5) is 11.2. The molecule has 0 fully saturated rings. The van der Waals surface area contributed by atoms with Gasteiger partial charge in [-0.1, -0.05) is 33.1 Å². The molecule has 0 saturated heterocycles. The van der Waals surface area contributed by atoms with Crippen molar-refractivity contribution in [2.75, 3.05) is 5.75 Å². The van der Waals surface area contributed by atoms with Gasteiger partial charge in [0.1, 0.15) is 0 Å². The summed E-state index contributed by atoms with van der Waals surface area (Å²) in [5, 5.41) is 9.08. The van der Waals surface area contributed by atoms with E-state index in [1.165, 1.54) is 18.2 Å². The Morgan fingerprint density at radius 1 is 1.33 bits per heavy atom. The van der Waals surface area contributed by atoms with Gasteiger partial charge >= 0.3 is 5.97 Å². The minimum absolute atomic E-state index is 0.0299. The highest BCUT2D eigenvalue weighted by molar-refractivity contribution is 9.10. The van der Waals surface area contributed by atoms with E-state index in [1.807, 2.05) is 6.92 Å². The SMILES string of the molecule is CCCCC(CC)CS(=O)(=O)c1ccc(Br)c(C(=O)O)c1. The summed E-state index contributed by atoms with van der Waals surface area (Å²) in [6.07, 6.45) is 3.74. The number of aromatic carboxylic acids is 1. The highest BCUT2D eigenvalue weighted by Crippen LogP contribution is 2.24. The third-order valence-corrected chi connectivity index (χ3v) is 6.10. The van der Waals surface area contributed by atoms with Crippen LogP contribution in [0.2, 0.25) is 0 Å². The van der Waals surface area contributed by atoms with Gasteiger partial charge in [0.2, 0.25) is 0 Å². The van der Waals surface area contributed by atoms with Crippen LogP contribution in [0, 0.1) is 5.92 Å². The largest absolute Gasteiger partial charge is 0.478 e. The average molecular weight is 377 g/mol. The second-order valence-electron chi connectivity index (χ2n) is 5.14. The highest BCUT2D eigenvalue weighted by atomic mass is 79.9. The fourth-order valence-electron chi connectivity index (χ4n) is 2.17. The van der Waals surface area contributed by atoms with Crippen LogP contribution in [0.25, 0.3) is 0 Å². The van der Waals surface area contributed by atoms with E-state index in [0.717, 1.165) is 25.7 Å². The second kappa shape index (κ2) is 7.94. The summed E-state index contributed by atoms with van der Waals surface area (Å²) in [5.74, 6) is -0.951. The minimum Gasteiger partial charge on any atom is -0.478 e. The molecule has 1 N–H and O–H groups in total. The van der Waals surface area contributed by atoms with E-state index in [-0.39, 0.29) is 22.1 Å². The Bertz CT molecular complexity index is 596. The Morgan fingerprint density at radius 3 is 2.52 bits per heavy atom. The molecular weight excluding hydrogens is 356 g/mol. The van der Waals surface area contributed by atoms with Gasteiger partial charge in [0.15, 0.2) is 9.84 Å². The first-order valence-corrected chi connectivity index (χ1v) is 9.52. The number of carboxylic acids is 1. The van der Waals surface area contributed by atoms with Crippen LogP contribution in [-0.4, -0.2) is 25.2 Å². The van der Waals surface area contributed by atoms with E-state index in [4.69, 9.17) is 5.11 Å². The van der Waals surface area contributed by atoms with Gasteiger partial charge in [-0.2, -0.15) is 0 Å². The van der Waals surface area contributed by atoms with Crippen LogP contribution in [0.3, 0.4) is 0 Å². The van der Waals surface area contributed by atoms with Gasteiger partial charge in [0.05, 0.1) is 16.2 Å². The zero-order valence-corrected chi connectivity index (χ0v) is 14.7. The number of sulfone groups is 1. The maximum Gasteiger partial charge on any atom is 0.336 e. The monoisotopic (exact) mass is 376 g/mol. The van der Waals surface area contributed by atoms with E-state index in [9.17, 15) is 13.2 Å². The molecule has 0 aliphatic rings. The Morgan fingerprint density at radius 2 is 2.00 bits per heavy atom. The zero-order valence-electron chi connectivity index (χ0n) is 12.3. The number of hydrogen-bond donors (Lipinski definition) is 1. The van der Waals surface area contributed by atoms with E-state index in [0.29, 0.717) is 4.47 Å². The third-order valence-electron chi connectivity index (χ3n) is 3.53. The Hall–Kier alpha value is -0.880. The highest BCUT2D eigenvalue weighted by Gasteiger charge is 2.22. The van der Waals surface area contributed by atoms with Crippen molar-refractivity contribution in [2.24, 2.45) is 5.92 Å². The summed E-state index contributed by atoms with van der Waals surface area (Å²) in [5.41, 5.74) is -0.0299. The zero-order chi connectivity index (χ0) is 16.0. The molecule has 0 saturated carbocycles. The molecule has 0 aliphatic carbocycles. The number of benzene rings is 1. The van der Waals surface area contributed by atoms with Crippen molar-refractivity contribution in [3.8, 4) is 0 Å². The summed E-state index contributed by atoms with van der Waals surface area (Å²) in [6.45, 7) is 4.06. The van der Waals surface area contributed by atoms with Crippen LogP contribution in [0.5, 0.6) is 0 Å². The molecule has 1 unspecified atom stereocenters. The molecule has 0 aliphatic heterocycles. The van der Waals surface area contributed by atoms with Crippen LogP contribution in [0.15, 0.2) is 27.6 Å². The predicted octanol–water partition coefficient (Wildman–Crippen LogP) is 4.14. The molecule has 21 heavy (non-hydrogen) atoms. The standard InChI is InChI=1S/C15H21BrO4S/c1-3-5-6-11(4-2)10-21(19,20)12-7-8-14(16)13(9-12)15(17)18/h7-9,11H,3-6,10H2,1-2H3,(H,17,18). The summed E-state index contributed by atoms with van der Waals surface area (Å²) in [7, 11) is -3.46. The van der Waals surface area contributed by atoms with Crippen molar-refractivity contribution in [3.63, 3.8) is 0 Å². The summed E-state index contributed by atoms with van der Waals surface area (Å²) >= 11 is 3.12. The van der Waals surface area contributed by atoms with Crippen LogP contribution in [0.1, 0.15) is 49.9 Å². The van der Waals surface area contributed by atoms with Crippen molar-refractivity contribution in [1.29, 1.82) is 0 Å². The molecule has 0 spiro atoms. The smallest absolute Gasteiger partial charge is 0.336 e. The van der Waals surface area contributed by atoms with Gasteiger partial charge < -0.3 is 5.11 Å². The summed E-state index contributed by atoms with van der Waals surface area (Å²) < 4.78 is 25.3. The van der Waals surface area contributed by atoms with Crippen molar-refractivity contribution in [2.45, 2.75) is 44.4 Å². The first kappa shape index (κ1) is 18.2. The number of hydrogen-bond acceptors (Lipinski definition) is 3. The topological polar surface area (TPSA) is 71.4 Å². The first-order valence-electron chi connectivity index (χ1n) is 7.07. The lowest BCUT2D eigenvalue weighted by Gasteiger charge is -2.15.